The Hall–Kier alpha value is -2.11. The van der Waals surface area contributed by atoms with Crippen LogP contribution in [0.2, 0.25) is 0 Å². The molecule has 0 aromatic carbocycles. The molecule has 1 aliphatic rings. The molecule has 1 fully saturated rings. The van der Waals surface area contributed by atoms with Gasteiger partial charge in [-0.05, 0) is 13.0 Å². The van der Waals surface area contributed by atoms with Gasteiger partial charge in [0.2, 0.25) is 5.91 Å². The number of anilines is 1. The largest absolute Gasteiger partial charge is 0.350 e. The van der Waals surface area contributed by atoms with Crippen LogP contribution < -0.4 is 10.2 Å². The summed E-state index contributed by atoms with van der Waals surface area (Å²) < 4.78 is 0. The van der Waals surface area contributed by atoms with Gasteiger partial charge in [0.1, 0.15) is 17.8 Å². The monoisotopic (exact) mass is 231 g/mol. The Morgan fingerprint density at radius 1 is 1.47 bits per heavy atom. The highest BCUT2D eigenvalue weighted by atomic mass is 16.2. The molecule has 0 aliphatic carbocycles. The Morgan fingerprint density at radius 2 is 2.35 bits per heavy atom. The molecule has 0 unspecified atom stereocenters. The van der Waals surface area contributed by atoms with E-state index in [4.69, 9.17) is 0 Å². The first kappa shape index (κ1) is 10.1. The average molecular weight is 231 g/mol. The van der Waals surface area contributed by atoms with E-state index in [1.54, 1.807) is 0 Å². The van der Waals surface area contributed by atoms with Crippen LogP contribution in [0.3, 0.4) is 0 Å². The van der Waals surface area contributed by atoms with Crippen molar-refractivity contribution in [2.75, 3.05) is 18.0 Å². The number of fused-ring (bicyclic) bond motifs is 1. The smallest absolute Gasteiger partial charge is 0.239 e. The molecule has 2 N–H and O–H groups in total. The second-order valence-corrected chi connectivity index (χ2v) is 4.29. The fraction of sp³-hybridized carbons (Fsp3) is 0.364. The van der Waals surface area contributed by atoms with Gasteiger partial charge in [0, 0.05) is 18.8 Å². The Labute approximate surface area is 98.1 Å². The van der Waals surface area contributed by atoms with Crippen molar-refractivity contribution in [3.63, 3.8) is 0 Å². The summed E-state index contributed by atoms with van der Waals surface area (Å²) in [6, 6.07) is 2.07. The van der Waals surface area contributed by atoms with Gasteiger partial charge < -0.3 is 15.2 Å². The molecule has 0 saturated carbocycles. The predicted octanol–water partition coefficient (Wildman–Crippen LogP) is 0.283. The first-order valence-corrected chi connectivity index (χ1v) is 5.56. The quantitative estimate of drug-likeness (QED) is 0.739. The number of nitrogens with one attached hydrogen (secondary N) is 2. The van der Waals surface area contributed by atoms with E-state index in [9.17, 15) is 4.79 Å². The van der Waals surface area contributed by atoms with E-state index >= 15 is 0 Å². The predicted molar refractivity (Wildman–Crippen MR) is 63.7 cm³/mol. The molecule has 1 aliphatic heterocycles. The molecule has 0 bridgehead atoms. The highest BCUT2D eigenvalue weighted by Crippen LogP contribution is 2.22. The van der Waals surface area contributed by atoms with E-state index in [1.165, 1.54) is 6.33 Å². The fourth-order valence-electron chi connectivity index (χ4n) is 2.21. The average Bonchev–Trinajstić information content (AvgIpc) is 2.75. The Bertz CT molecular complexity index is 564. The summed E-state index contributed by atoms with van der Waals surface area (Å²) in [7, 11) is 0. The van der Waals surface area contributed by atoms with Crippen LogP contribution in [0.15, 0.2) is 18.6 Å². The molecule has 6 heteroatoms. The normalized spacial score (nSPS) is 20.6. The van der Waals surface area contributed by atoms with E-state index in [0.717, 1.165) is 23.4 Å². The first-order chi connectivity index (χ1) is 8.24. The summed E-state index contributed by atoms with van der Waals surface area (Å²) in [5, 5.41) is 3.84. The first-order valence-electron chi connectivity index (χ1n) is 5.56. The maximum atomic E-state index is 11.5. The Balaban J connectivity index is 2.03. The van der Waals surface area contributed by atoms with Crippen LogP contribution in [0.25, 0.3) is 11.0 Å². The van der Waals surface area contributed by atoms with E-state index in [2.05, 4.69) is 20.3 Å². The summed E-state index contributed by atoms with van der Waals surface area (Å²) >= 11 is 0. The summed E-state index contributed by atoms with van der Waals surface area (Å²) in [6.45, 7) is 3.10. The lowest BCUT2D eigenvalue weighted by Gasteiger charge is -2.32. The third kappa shape index (κ3) is 1.71. The second-order valence-electron chi connectivity index (χ2n) is 4.29. The van der Waals surface area contributed by atoms with Crippen LogP contribution in [0.1, 0.15) is 6.92 Å². The fourth-order valence-corrected chi connectivity index (χ4v) is 2.21. The summed E-state index contributed by atoms with van der Waals surface area (Å²) in [5.41, 5.74) is 0.800. The van der Waals surface area contributed by atoms with Gasteiger partial charge in [-0.2, -0.15) is 0 Å². The lowest BCUT2D eigenvalue weighted by molar-refractivity contribution is -0.121. The van der Waals surface area contributed by atoms with Gasteiger partial charge in [0.15, 0.2) is 0 Å². The van der Waals surface area contributed by atoms with Gasteiger partial charge in [0.25, 0.3) is 0 Å². The molecule has 17 heavy (non-hydrogen) atoms. The van der Waals surface area contributed by atoms with Crippen LogP contribution >= 0.6 is 0 Å². The Kier molecular flexibility index (Phi) is 2.21. The number of hydrogen-bond donors (Lipinski definition) is 2. The molecule has 6 nitrogen and oxygen atoms in total. The van der Waals surface area contributed by atoms with E-state index in [1.807, 2.05) is 24.1 Å². The van der Waals surface area contributed by atoms with Gasteiger partial charge >= 0.3 is 0 Å². The number of rotatable bonds is 1. The number of carbonyl (C=O) groups is 1. The van der Waals surface area contributed by atoms with Crippen molar-refractivity contribution in [3.05, 3.63) is 18.6 Å². The third-order valence-corrected chi connectivity index (χ3v) is 2.87. The van der Waals surface area contributed by atoms with Crippen LogP contribution in [-0.4, -0.2) is 40.0 Å². The lowest BCUT2D eigenvalue weighted by atomic mass is 10.2. The van der Waals surface area contributed by atoms with Crippen molar-refractivity contribution < 1.29 is 4.79 Å². The minimum Gasteiger partial charge on any atom is -0.350 e. The molecule has 3 rings (SSSR count). The van der Waals surface area contributed by atoms with Crippen molar-refractivity contribution in [1.29, 1.82) is 0 Å². The van der Waals surface area contributed by atoms with Crippen LogP contribution in [0.5, 0.6) is 0 Å². The summed E-state index contributed by atoms with van der Waals surface area (Å²) in [6.07, 6.45) is 3.35. The zero-order valence-corrected chi connectivity index (χ0v) is 9.47. The number of H-pyrrole nitrogens is 1. The number of piperazine rings is 1. The molecule has 0 radical (unpaired) electrons. The molecule has 1 amide bonds. The zero-order chi connectivity index (χ0) is 11.8. The standard InChI is InChI=1S/C11H13N5O/c1-7-4-16(5-9(17)15-7)11-8-2-3-12-10(8)13-6-14-11/h2-3,6-7H,4-5H2,1H3,(H,15,17)(H,12,13,14)/t7-/m0/s1. The molecule has 2 aromatic rings. The lowest BCUT2D eigenvalue weighted by Crippen LogP contribution is -2.53. The van der Waals surface area contributed by atoms with Crippen molar-refractivity contribution in [1.82, 2.24) is 20.3 Å². The Morgan fingerprint density at radius 3 is 3.18 bits per heavy atom. The molecule has 1 saturated heterocycles. The summed E-state index contributed by atoms with van der Waals surface area (Å²) in [5.74, 6) is 0.851. The van der Waals surface area contributed by atoms with Crippen molar-refractivity contribution >= 4 is 22.8 Å². The number of aromatic amines is 1. The second kappa shape index (κ2) is 3.73. The maximum absolute atomic E-state index is 11.5. The highest BCUT2D eigenvalue weighted by molar-refractivity contribution is 5.90. The highest BCUT2D eigenvalue weighted by Gasteiger charge is 2.24. The number of amides is 1. The van der Waals surface area contributed by atoms with Gasteiger partial charge in [-0.1, -0.05) is 0 Å². The van der Waals surface area contributed by atoms with Gasteiger partial charge in [-0.25, -0.2) is 9.97 Å². The number of carbonyl (C=O) groups excluding carboxylic acids is 1. The molecule has 2 aromatic heterocycles. The van der Waals surface area contributed by atoms with Crippen LogP contribution in [-0.2, 0) is 4.79 Å². The molecular weight excluding hydrogens is 218 g/mol. The topological polar surface area (TPSA) is 73.9 Å². The van der Waals surface area contributed by atoms with E-state index < -0.39 is 0 Å². The molecule has 1 atom stereocenters. The third-order valence-electron chi connectivity index (χ3n) is 2.87. The summed E-state index contributed by atoms with van der Waals surface area (Å²) in [4.78, 5) is 25.0. The molecule has 88 valence electrons. The van der Waals surface area contributed by atoms with Crippen LogP contribution in [0.4, 0.5) is 5.82 Å². The van der Waals surface area contributed by atoms with E-state index in [0.29, 0.717) is 6.54 Å². The molecule has 0 spiro atoms. The van der Waals surface area contributed by atoms with Crippen molar-refractivity contribution in [2.24, 2.45) is 0 Å². The minimum atomic E-state index is 0.0334. The maximum Gasteiger partial charge on any atom is 0.239 e. The number of aromatic nitrogens is 3. The number of nitrogens with zero attached hydrogens (tertiary/aromatic N) is 3. The SMILES string of the molecule is C[C@H]1CN(c2ncnc3[nH]ccc23)CC(=O)N1. The number of hydrogen-bond acceptors (Lipinski definition) is 4. The molecule has 3 heterocycles. The molecular formula is C11H13N5O. The van der Waals surface area contributed by atoms with Crippen molar-refractivity contribution in [2.45, 2.75) is 13.0 Å². The zero-order valence-electron chi connectivity index (χ0n) is 9.47. The minimum absolute atomic E-state index is 0.0334. The van der Waals surface area contributed by atoms with Gasteiger partial charge in [-0.3, -0.25) is 4.79 Å². The van der Waals surface area contributed by atoms with Crippen molar-refractivity contribution in [3.8, 4) is 0 Å². The van der Waals surface area contributed by atoms with Gasteiger partial charge in [-0.15, -0.1) is 0 Å². The van der Waals surface area contributed by atoms with E-state index in [-0.39, 0.29) is 11.9 Å². The van der Waals surface area contributed by atoms with Gasteiger partial charge in [0.05, 0.1) is 11.9 Å². The van der Waals surface area contributed by atoms with Crippen LogP contribution in [0, 0.1) is 0 Å².